The zero-order chi connectivity index (χ0) is 6.85. The van der Waals surface area contributed by atoms with Gasteiger partial charge in [-0.05, 0) is 13.8 Å². The average molecular weight is 143 g/mol. The molecule has 0 spiro atoms. The van der Waals surface area contributed by atoms with Crippen LogP contribution in [0.15, 0.2) is 5.38 Å². The van der Waals surface area contributed by atoms with Crippen molar-refractivity contribution in [2.45, 2.75) is 20.0 Å². The number of nitrogens with zero attached hydrogens (tertiary/aromatic N) is 1. The fourth-order valence-electron chi connectivity index (χ4n) is 0.572. The Bertz CT molecular complexity index is 195. The molecular weight excluding hydrogens is 134 g/mol. The van der Waals surface area contributed by atoms with Crippen molar-refractivity contribution in [3.05, 3.63) is 16.1 Å². The quantitative estimate of drug-likeness (QED) is 0.646. The molecule has 1 N–H and O–H groups in total. The Labute approximate surface area is 58.2 Å². The number of aliphatic hydroxyl groups excluding tert-OH is 1. The van der Waals surface area contributed by atoms with Crippen LogP contribution >= 0.6 is 11.3 Å². The van der Waals surface area contributed by atoms with Crippen molar-refractivity contribution in [3.63, 3.8) is 0 Å². The third kappa shape index (κ3) is 1.50. The molecule has 3 heteroatoms. The SMILES string of the molecule is Cc1nc(C(C)O)cs1. The number of aromatic nitrogens is 1. The van der Waals surface area contributed by atoms with Crippen molar-refractivity contribution in [3.8, 4) is 0 Å². The standard InChI is InChI=1S/C6H9NOS/c1-4(8)6-3-9-5(2)7-6/h3-4,8H,1-2H3. The Morgan fingerprint density at radius 2 is 2.44 bits per heavy atom. The molecule has 0 aliphatic heterocycles. The van der Waals surface area contributed by atoms with Crippen molar-refractivity contribution < 1.29 is 5.11 Å². The van der Waals surface area contributed by atoms with Crippen LogP contribution in [0.5, 0.6) is 0 Å². The summed E-state index contributed by atoms with van der Waals surface area (Å²) >= 11 is 1.56. The molecule has 0 aliphatic rings. The Kier molecular flexibility index (Phi) is 1.83. The lowest BCUT2D eigenvalue weighted by atomic mass is 10.3. The summed E-state index contributed by atoms with van der Waals surface area (Å²) in [5.41, 5.74) is 0.775. The van der Waals surface area contributed by atoms with E-state index in [9.17, 15) is 0 Å². The van der Waals surface area contributed by atoms with Crippen molar-refractivity contribution in [1.82, 2.24) is 4.98 Å². The number of hydrogen-bond donors (Lipinski definition) is 1. The van der Waals surface area contributed by atoms with E-state index in [4.69, 9.17) is 5.11 Å². The lowest BCUT2D eigenvalue weighted by Gasteiger charge is -1.94. The third-order valence-corrected chi connectivity index (χ3v) is 1.86. The van der Waals surface area contributed by atoms with E-state index in [2.05, 4.69) is 4.98 Å². The summed E-state index contributed by atoms with van der Waals surface area (Å²) in [4.78, 5) is 4.08. The highest BCUT2D eigenvalue weighted by Crippen LogP contribution is 2.14. The summed E-state index contributed by atoms with van der Waals surface area (Å²) in [7, 11) is 0. The smallest absolute Gasteiger partial charge is 0.0940 e. The molecule has 0 aliphatic carbocycles. The molecule has 0 aromatic carbocycles. The van der Waals surface area contributed by atoms with Crippen LogP contribution in [0.1, 0.15) is 23.7 Å². The number of hydrogen-bond acceptors (Lipinski definition) is 3. The zero-order valence-electron chi connectivity index (χ0n) is 5.46. The van der Waals surface area contributed by atoms with Gasteiger partial charge in [-0.1, -0.05) is 0 Å². The van der Waals surface area contributed by atoms with Crippen LogP contribution in [-0.2, 0) is 0 Å². The van der Waals surface area contributed by atoms with Crippen molar-refractivity contribution in [2.24, 2.45) is 0 Å². The van der Waals surface area contributed by atoms with Gasteiger partial charge in [0.15, 0.2) is 0 Å². The molecule has 1 aromatic rings. The van der Waals surface area contributed by atoms with E-state index in [-0.39, 0.29) is 0 Å². The highest BCUT2D eigenvalue weighted by atomic mass is 32.1. The van der Waals surface area contributed by atoms with Crippen LogP contribution in [0, 0.1) is 6.92 Å². The van der Waals surface area contributed by atoms with Crippen LogP contribution in [0.25, 0.3) is 0 Å². The first-order chi connectivity index (χ1) is 4.20. The minimum atomic E-state index is -0.421. The van der Waals surface area contributed by atoms with Gasteiger partial charge in [-0.15, -0.1) is 11.3 Å². The molecule has 50 valence electrons. The predicted octanol–water partition coefficient (Wildman–Crippen LogP) is 1.50. The Balaban J connectivity index is 2.85. The van der Waals surface area contributed by atoms with Gasteiger partial charge in [0.1, 0.15) is 0 Å². The topological polar surface area (TPSA) is 33.1 Å². The van der Waals surface area contributed by atoms with Crippen molar-refractivity contribution in [1.29, 1.82) is 0 Å². The summed E-state index contributed by atoms with van der Waals surface area (Å²) in [6.45, 7) is 3.64. The second-order valence-electron chi connectivity index (χ2n) is 1.97. The van der Waals surface area contributed by atoms with Gasteiger partial charge >= 0.3 is 0 Å². The van der Waals surface area contributed by atoms with Gasteiger partial charge in [-0.3, -0.25) is 0 Å². The second kappa shape index (κ2) is 2.45. The van der Waals surface area contributed by atoms with Gasteiger partial charge in [0.05, 0.1) is 16.8 Å². The zero-order valence-corrected chi connectivity index (χ0v) is 6.27. The van der Waals surface area contributed by atoms with Crippen LogP contribution in [-0.4, -0.2) is 10.1 Å². The number of thiazole rings is 1. The predicted molar refractivity (Wildman–Crippen MR) is 37.5 cm³/mol. The molecule has 1 rings (SSSR count). The fraction of sp³-hybridized carbons (Fsp3) is 0.500. The molecule has 2 nitrogen and oxygen atoms in total. The summed E-state index contributed by atoms with van der Waals surface area (Å²) in [6, 6.07) is 0. The first kappa shape index (κ1) is 6.71. The van der Waals surface area contributed by atoms with E-state index in [1.807, 2.05) is 12.3 Å². The normalized spacial score (nSPS) is 13.7. The van der Waals surface area contributed by atoms with Gasteiger partial charge in [0, 0.05) is 5.38 Å². The molecular formula is C6H9NOS. The average Bonchev–Trinajstić information content (AvgIpc) is 2.14. The Hall–Kier alpha value is -0.410. The van der Waals surface area contributed by atoms with Crippen LogP contribution in [0.2, 0.25) is 0 Å². The first-order valence-electron chi connectivity index (χ1n) is 2.80. The third-order valence-electron chi connectivity index (χ3n) is 1.06. The summed E-state index contributed by atoms with van der Waals surface area (Å²) in [6.07, 6.45) is -0.421. The summed E-state index contributed by atoms with van der Waals surface area (Å²) < 4.78 is 0. The number of rotatable bonds is 1. The maximum atomic E-state index is 8.98. The second-order valence-corrected chi connectivity index (χ2v) is 3.03. The monoisotopic (exact) mass is 143 g/mol. The molecule has 0 saturated carbocycles. The van der Waals surface area contributed by atoms with E-state index in [0.29, 0.717) is 0 Å². The molecule has 9 heavy (non-hydrogen) atoms. The lowest BCUT2D eigenvalue weighted by Crippen LogP contribution is -1.89. The van der Waals surface area contributed by atoms with Gasteiger partial charge in [0.25, 0.3) is 0 Å². The van der Waals surface area contributed by atoms with Gasteiger partial charge in [-0.2, -0.15) is 0 Å². The van der Waals surface area contributed by atoms with Crippen LogP contribution in [0.4, 0.5) is 0 Å². The largest absolute Gasteiger partial charge is 0.387 e. The van der Waals surface area contributed by atoms with Crippen molar-refractivity contribution in [2.75, 3.05) is 0 Å². The highest BCUT2D eigenvalue weighted by Gasteiger charge is 2.02. The molecule has 0 saturated heterocycles. The molecule has 1 heterocycles. The molecule has 0 radical (unpaired) electrons. The minimum absolute atomic E-state index is 0.421. The molecule has 0 fully saturated rings. The first-order valence-corrected chi connectivity index (χ1v) is 3.68. The van der Waals surface area contributed by atoms with E-state index in [0.717, 1.165) is 10.7 Å². The molecule has 0 bridgehead atoms. The maximum Gasteiger partial charge on any atom is 0.0940 e. The van der Waals surface area contributed by atoms with Crippen LogP contribution < -0.4 is 0 Å². The molecule has 1 aromatic heterocycles. The van der Waals surface area contributed by atoms with Gasteiger partial charge in [0.2, 0.25) is 0 Å². The van der Waals surface area contributed by atoms with Crippen molar-refractivity contribution >= 4 is 11.3 Å². The Morgan fingerprint density at radius 3 is 2.67 bits per heavy atom. The lowest BCUT2D eigenvalue weighted by molar-refractivity contribution is 0.195. The fourth-order valence-corrected chi connectivity index (χ4v) is 1.27. The maximum absolute atomic E-state index is 8.98. The van der Waals surface area contributed by atoms with E-state index in [1.54, 1.807) is 18.3 Å². The summed E-state index contributed by atoms with van der Waals surface area (Å²) in [5, 5.41) is 11.9. The number of aryl methyl sites for hydroxylation is 1. The van der Waals surface area contributed by atoms with Gasteiger partial charge in [-0.25, -0.2) is 4.98 Å². The molecule has 1 atom stereocenters. The molecule has 1 unspecified atom stereocenters. The minimum Gasteiger partial charge on any atom is -0.387 e. The summed E-state index contributed by atoms with van der Waals surface area (Å²) in [5.74, 6) is 0. The van der Waals surface area contributed by atoms with E-state index >= 15 is 0 Å². The van der Waals surface area contributed by atoms with E-state index < -0.39 is 6.10 Å². The number of aliphatic hydroxyl groups is 1. The highest BCUT2D eigenvalue weighted by molar-refractivity contribution is 7.09. The van der Waals surface area contributed by atoms with Gasteiger partial charge < -0.3 is 5.11 Å². The van der Waals surface area contributed by atoms with Crippen LogP contribution in [0.3, 0.4) is 0 Å². The van der Waals surface area contributed by atoms with E-state index in [1.165, 1.54) is 0 Å². The Morgan fingerprint density at radius 1 is 1.78 bits per heavy atom. The molecule has 0 amide bonds.